The molecule has 1 N–H and O–H groups in total. The Bertz CT molecular complexity index is 559. The topological polar surface area (TPSA) is 47.6 Å². The van der Waals surface area contributed by atoms with Crippen LogP contribution in [-0.4, -0.2) is 26.5 Å². The Kier molecular flexibility index (Phi) is 4.60. The number of nitrogens with one attached hydrogen (secondary N) is 1. The minimum absolute atomic E-state index is 0.0346. The summed E-state index contributed by atoms with van der Waals surface area (Å²) in [4.78, 5) is 12.0. The number of methoxy groups -OCH3 is 2. The van der Waals surface area contributed by atoms with Crippen molar-refractivity contribution < 1.29 is 14.3 Å². The van der Waals surface area contributed by atoms with Crippen molar-refractivity contribution in [1.29, 1.82) is 0 Å². The van der Waals surface area contributed by atoms with Gasteiger partial charge in [0.1, 0.15) is 11.5 Å². The highest BCUT2D eigenvalue weighted by molar-refractivity contribution is 5.98. The van der Waals surface area contributed by atoms with Crippen LogP contribution in [0.3, 0.4) is 0 Å². The fourth-order valence-electron chi connectivity index (χ4n) is 1.82. The standard InChI is InChI=1S/C16H17NO3/c1-19-14-8-13(9-15(10-14)20-2)17-11-16(18)12-6-4-3-5-7-12/h3-10,17H,11H2,1-2H3. The Hall–Kier alpha value is -2.49. The van der Waals surface area contributed by atoms with Gasteiger partial charge in [0.15, 0.2) is 5.78 Å². The molecule has 4 nitrogen and oxygen atoms in total. The fourth-order valence-corrected chi connectivity index (χ4v) is 1.82. The molecule has 4 heteroatoms. The average Bonchev–Trinajstić information content (AvgIpc) is 2.53. The predicted molar refractivity (Wildman–Crippen MR) is 78.8 cm³/mol. The molecule has 0 heterocycles. The van der Waals surface area contributed by atoms with Crippen molar-refractivity contribution in [2.45, 2.75) is 0 Å². The molecule has 0 bridgehead atoms. The maximum atomic E-state index is 12.0. The van der Waals surface area contributed by atoms with E-state index in [2.05, 4.69) is 5.32 Å². The van der Waals surface area contributed by atoms with Crippen LogP contribution in [0.25, 0.3) is 0 Å². The molecule has 0 aromatic heterocycles. The van der Waals surface area contributed by atoms with Gasteiger partial charge in [-0.15, -0.1) is 0 Å². The molecule has 0 aliphatic rings. The zero-order chi connectivity index (χ0) is 14.4. The van der Waals surface area contributed by atoms with E-state index in [9.17, 15) is 4.79 Å². The summed E-state index contributed by atoms with van der Waals surface area (Å²) >= 11 is 0. The van der Waals surface area contributed by atoms with Crippen LogP contribution in [0.1, 0.15) is 10.4 Å². The van der Waals surface area contributed by atoms with E-state index in [4.69, 9.17) is 9.47 Å². The van der Waals surface area contributed by atoms with Crippen molar-refractivity contribution in [3.8, 4) is 11.5 Å². The van der Waals surface area contributed by atoms with Gasteiger partial charge in [-0.2, -0.15) is 0 Å². The zero-order valence-corrected chi connectivity index (χ0v) is 11.6. The molecule has 0 aliphatic heterocycles. The Morgan fingerprint density at radius 2 is 1.60 bits per heavy atom. The smallest absolute Gasteiger partial charge is 0.181 e. The molecule has 104 valence electrons. The molecule has 20 heavy (non-hydrogen) atoms. The van der Waals surface area contributed by atoms with E-state index in [-0.39, 0.29) is 12.3 Å². The van der Waals surface area contributed by atoms with Gasteiger partial charge in [0, 0.05) is 29.4 Å². The lowest BCUT2D eigenvalue weighted by Crippen LogP contribution is -2.13. The number of carbonyl (C=O) groups excluding carboxylic acids is 1. The van der Waals surface area contributed by atoms with E-state index < -0.39 is 0 Å². The minimum Gasteiger partial charge on any atom is -0.497 e. The molecular formula is C16H17NO3. The van der Waals surface area contributed by atoms with Crippen molar-refractivity contribution in [3.05, 3.63) is 54.1 Å². The largest absolute Gasteiger partial charge is 0.497 e. The first-order chi connectivity index (χ1) is 9.72. The molecule has 0 fully saturated rings. The van der Waals surface area contributed by atoms with Gasteiger partial charge >= 0.3 is 0 Å². The van der Waals surface area contributed by atoms with Crippen molar-refractivity contribution in [1.82, 2.24) is 0 Å². The first-order valence-electron chi connectivity index (χ1n) is 6.28. The number of anilines is 1. The Morgan fingerprint density at radius 1 is 1.00 bits per heavy atom. The number of ether oxygens (including phenoxy) is 2. The van der Waals surface area contributed by atoms with Crippen LogP contribution < -0.4 is 14.8 Å². The molecule has 2 rings (SSSR count). The number of hydrogen-bond donors (Lipinski definition) is 1. The highest BCUT2D eigenvalue weighted by atomic mass is 16.5. The third kappa shape index (κ3) is 3.51. The molecule has 0 saturated carbocycles. The van der Waals surface area contributed by atoms with Crippen LogP contribution in [0, 0.1) is 0 Å². The van der Waals surface area contributed by atoms with Crippen molar-refractivity contribution >= 4 is 11.5 Å². The lowest BCUT2D eigenvalue weighted by atomic mass is 10.1. The average molecular weight is 271 g/mol. The van der Waals surface area contributed by atoms with E-state index in [1.165, 1.54) is 0 Å². The highest BCUT2D eigenvalue weighted by Gasteiger charge is 2.06. The van der Waals surface area contributed by atoms with Crippen LogP contribution in [-0.2, 0) is 0 Å². The van der Waals surface area contributed by atoms with E-state index in [0.717, 1.165) is 5.69 Å². The maximum absolute atomic E-state index is 12.0. The van der Waals surface area contributed by atoms with Crippen LogP contribution in [0.15, 0.2) is 48.5 Å². The van der Waals surface area contributed by atoms with Gasteiger partial charge in [0.05, 0.1) is 20.8 Å². The Balaban J connectivity index is 2.05. The molecule has 0 unspecified atom stereocenters. The van der Waals surface area contributed by atoms with Gasteiger partial charge in [0.2, 0.25) is 0 Å². The summed E-state index contributed by atoms with van der Waals surface area (Å²) in [6.07, 6.45) is 0. The predicted octanol–water partition coefficient (Wildman–Crippen LogP) is 3.00. The number of Topliss-reactive ketones (excluding diaryl/α,β-unsaturated/α-hetero) is 1. The Morgan fingerprint density at radius 3 is 2.15 bits per heavy atom. The van der Waals surface area contributed by atoms with Crippen molar-refractivity contribution in [3.63, 3.8) is 0 Å². The second-order valence-electron chi connectivity index (χ2n) is 4.24. The summed E-state index contributed by atoms with van der Waals surface area (Å²) in [6, 6.07) is 14.6. The number of ketones is 1. The molecule has 2 aromatic rings. The molecule has 2 aromatic carbocycles. The molecule has 0 saturated heterocycles. The third-order valence-corrected chi connectivity index (χ3v) is 2.90. The number of hydrogen-bond acceptors (Lipinski definition) is 4. The number of benzene rings is 2. The quantitative estimate of drug-likeness (QED) is 0.820. The zero-order valence-electron chi connectivity index (χ0n) is 11.6. The van der Waals surface area contributed by atoms with Gasteiger partial charge in [-0.3, -0.25) is 4.79 Å². The van der Waals surface area contributed by atoms with E-state index >= 15 is 0 Å². The van der Waals surface area contributed by atoms with Gasteiger partial charge in [-0.25, -0.2) is 0 Å². The normalized spacial score (nSPS) is 9.90. The second-order valence-corrected chi connectivity index (χ2v) is 4.24. The lowest BCUT2D eigenvalue weighted by molar-refractivity contribution is 0.101. The summed E-state index contributed by atoms with van der Waals surface area (Å²) in [5, 5.41) is 3.08. The molecule has 0 amide bonds. The summed E-state index contributed by atoms with van der Waals surface area (Å²) in [5.74, 6) is 1.39. The minimum atomic E-state index is 0.0346. The highest BCUT2D eigenvalue weighted by Crippen LogP contribution is 2.25. The summed E-state index contributed by atoms with van der Waals surface area (Å²) in [7, 11) is 3.18. The van der Waals surface area contributed by atoms with Crippen molar-refractivity contribution in [2.75, 3.05) is 26.1 Å². The molecule has 0 radical (unpaired) electrons. The number of rotatable bonds is 6. The first-order valence-corrected chi connectivity index (χ1v) is 6.28. The van der Waals surface area contributed by atoms with Crippen LogP contribution in [0.5, 0.6) is 11.5 Å². The molecule has 0 aliphatic carbocycles. The van der Waals surface area contributed by atoms with E-state index in [0.29, 0.717) is 17.1 Å². The summed E-state index contributed by atoms with van der Waals surface area (Å²) in [6.45, 7) is 0.223. The van der Waals surface area contributed by atoms with Crippen LogP contribution in [0.2, 0.25) is 0 Å². The summed E-state index contributed by atoms with van der Waals surface area (Å²) in [5.41, 5.74) is 1.47. The Labute approximate surface area is 118 Å². The first kappa shape index (κ1) is 13.9. The lowest BCUT2D eigenvalue weighted by Gasteiger charge is -2.10. The second kappa shape index (κ2) is 6.61. The molecular weight excluding hydrogens is 254 g/mol. The monoisotopic (exact) mass is 271 g/mol. The maximum Gasteiger partial charge on any atom is 0.181 e. The van der Waals surface area contributed by atoms with Gasteiger partial charge in [0.25, 0.3) is 0 Å². The van der Waals surface area contributed by atoms with Crippen LogP contribution in [0.4, 0.5) is 5.69 Å². The summed E-state index contributed by atoms with van der Waals surface area (Å²) < 4.78 is 10.4. The molecule has 0 atom stereocenters. The third-order valence-electron chi connectivity index (χ3n) is 2.90. The van der Waals surface area contributed by atoms with Gasteiger partial charge in [-0.05, 0) is 0 Å². The SMILES string of the molecule is COc1cc(NCC(=O)c2ccccc2)cc(OC)c1. The van der Waals surface area contributed by atoms with Gasteiger partial charge < -0.3 is 14.8 Å². The van der Waals surface area contributed by atoms with E-state index in [1.807, 2.05) is 30.3 Å². The van der Waals surface area contributed by atoms with Crippen molar-refractivity contribution in [2.24, 2.45) is 0 Å². The van der Waals surface area contributed by atoms with Gasteiger partial charge in [-0.1, -0.05) is 30.3 Å². The number of carbonyl (C=O) groups is 1. The van der Waals surface area contributed by atoms with Crippen LogP contribution >= 0.6 is 0 Å². The fraction of sp³-hybridized carbons (Fsp3) is 0.188. The molecule has 0 spiro atoms. The van der Waals surface area contributed by atoms with E-state index in [1.54, 1.807) is 32.4 Å².